The van der Waals surface area contributed by atoms with Crippen LogP contribution in [0.1, 0.15) is 18.5 Å². The molecule has 4 nitrogen and oxygen atoms in total. The Labute approximate surface area is 102 Å². The van der Waals surface area contributed by atoms with Gasteiger partial charge in [-0.3, -0.25) is 0 Å². The highest BCUT2D eigenvalue weighted by Crippen LogP contribution is 2.30. The average molecular weight is 237 g/mol. The van der Waals surface area contributed by atoms with Gasteiger partial charge in [-0.05, 0) is 24.6 Å². The maximum atomic E-state index is 5.49. The normalized spacial score (nSPS) is 20.0. The lowest BCUT2D eigenvalue weighted by atomic mass is 10.1. The quantitative estimate of drug-likeness (QED) is 0.866. The Kier molecular flexibility index (Phi) is 4.23. The lowest BCUT2D eigenvalue weighted by Crippen LogP contribution is -2.34. The lowest BCUT2D eigenvalue weighted by Gasteiger charge is -2.24. The molecule has 1 aromatic carbocycles. The van der Waals surface area contributed by atoms with Crippen LogP contribution in [-0.2, 0) is 4.74 Å². The van der Waals surface area contributed by atoms with Crippen LogP contribution in [0.4, 0.5) is 0 Å². The molecule has 4 heteroatoms. The van der Waals surface area contributed by atoms with Crippen molar-refractivity contribution in [2.45, 2.75) is 13.0 Å². The Bertz CT molecular complexity index is 362. The number of hydrogen-bond donors (Lipinski definition) is 1. The van der Waals surface area contributed by atoms with E-state index in [0.717, 1.165) is 24.7 Å². The molecule has 0 radical (unpaired) electrons. The van der Waals surface area contributed by atoms with Crippen molar-refractivity contribution in [2.75, 3.05) is 33.5 Å². The summed E-state index contributed by atoms with van der Waals surface area (Å²) in [4.78, 5) is 0. The van der Waals surface area contributed by atoms with Crippen LogP contribution in [0.15, 0.2) is 18.2 Å². The molecule has 1 saturated heterocycles. The molecule has 1 heterocycles. The number of hydrogen-bond acceptors (Lipinski definition) is 4. The molecule has 1 aliphatic heterocycles. The predicted molar refractivity (Wildman–Crippen MR) is 65.7 cm³/mol. The Morgan fingerprint density at radius 2 is 2.29 bits per heavy atom. The van der Waals surface area contributed by atoms with E-state index in [9.17, 15) is 0 Å². The smallest absolute Gasteiger partial charge is 0.161 e. The highest BCUT2D eigenvalue weighted by Gasteiger charge is 2.17. The van der Waals surface area contributed by atoms with Gasteiger partial charge in [0.05, 0.1) is 33.0 Å². The van der Waals surface area contributed by atoms with Crippen molar-refractivity contribution in [3.63, 3.8) is 0 Å². The van der Waals surface area contributed by atoms with Crippen LogP contribution in [0.25, 0.3) is 0 Å². The van der Waals surface area contributed by atoms with Crippen molar-refractivity contribution in [3.05, 3.63) is 23.8 Å². The molecule has 0 unspecified atom stereocenters. The summed E-state index contributed by atoms with van der Waals surface area (Å²) in [5.41, 5.74) is 1.17. The number of nitrogens with one attached hydrogen (secondary N) is 1. The molecule has 1 aromatic rings. The van der Waals surface area contributed by atoms with E-state index in [-0.39, 0.29) is 6.04 Å². The van der Waals surface area contributed by atoms with Crippen LogP contribution < -0.4 is 14.8 Å². The van der Waals surface area contributed by atoms with Gasteiger partial charge in [-0.15, -0.1) is 0 Å². The monoisotopic (exact) mass is 237 g/mol. The standard InChI is InChI=1S/C13H19NO3/c1-3-17-12-5-4-10(8-13(12)15-2)11-9-16-7-6-14-11/h4-5,8,11,14H,3,6-7,9H2,1-2H3/t11-/m0/s1. The summed E-state index contributed by atoms with van der Waals surface area (Å²) in [5, 5.41) is 3.42. The van der Waals surface area contributed by atoms with Gasteiger partial charge in [-0.2, -0.15) is 0 Å². The van der Waals surface area contributed by atoms with Crippen LogP contribution in [0.3, 0.4) is 0 Å². The van der Waals surface area contributed by atoms with E-state index in [2.05, 4.69) is 11.4 Å². The van der Waals surface area contributed by atoms with Crippen molar-refractivity contribution >= 4 is 0 Å². The summed E-state index contributed by atoms with van der Waals surface area (Å²) in [6.45, 7) is 4.98. The van der Waals surface area contributed by atoms with Crippen molar-refractivity contribution in [2.24, 2.45) is 0 Å². The first-order chi connectivity index (χ1) is 8.35. The average Bonchev–Trinajstić information content (AvgIpc) is 2.40. The Morgan fingerprint density at radius 3 is 2.94 bits per heavy atom. The van der Waals surface area contributed by atoms with Crippen molar-refractivity contribution < 1.29 is 14.2 Å². The summed E-state index contributed by atoms with van der Waals surface area (Å²) >= 11 is 0. The molecular formula is C13H19NO3. The molecule has 0 bridgehead atoms. The van der Waals surface area contributed by atoms with E-state index in [1.807, 2.05) is 19.1 Å². The third-order valence-corrected chi connectivity index (χ3v) is 2.81. The van der Waals surface area contributed by atoms with E-state index in [1.54, 1.807) is 7.11 Å². The van der Waals surface area contributed by atoms with E-state index in [4.69, 9.17) is 14.2 Å². The van der Waals surface area contributed by atoms with Gasteiger partial charge in [-0.25, -0.2) is 0 Å². The summed E-state index contributed by atoms with van der Waals surface area (Å²) in [7, 11) is 1.66. The number of morpholine rings is 1. The van der Waals surface area contributed by atoms with Gasteiger partial charge in [-0.1, -0.05) is 6.07 Å². The van der Waals surface area contributed by atoms with E-state index >= 15 is 0 Å². The molecule has 1 N–H and O–H groups in total. The minimum absolute atomic E-state index is 0.244. The Hall–Kier alpha value is -1.26. The molecule has 17 heavy (non-hydrogen) atoms. The molecule has 1 fully saturated rings. The van der Waals surface area contributed by atoms with E-state index in [0.29, 0.717) is 13.2 Å². The number of rotatable bonds is 4. The zero-order valence-electron chi connectivity index (χ0n) is 10.4. The fraction of sp³-hybridized carbons (Fsp3) is 0.538. The van der Waals surface area contributed by atoms with Crippen molar-refractivity contribution in [1.29, 1.82) is 0 Å². The van der Waals surface area contributed by atoms with Gasteiger partial charge in [0, 0.05) is 6.54 Å². The van der Waals surface area contributed by atoms with Crippen LogP contribution in [0, 0.1) is 0 Å². The highest BCUT2D eigenvalue weighted by molar-refractivity contribution is 5.44. The zero-order valence-corrected chi connectivity index (χ0v) is 10.4. The second kappa shape index (κ2) is 5.89. The molecule has 0 spiro atoms. The second-order valence-electron chi connectivity index (χ2n) is 3.92. The molecular weight excluding hydrogens is 218 g/mol. The molecule has 0 saturated carbocycles. The van der Waals surface area contributed by atoms with E-state index in [1.165, 1.54) is 5.56 Å². The fourth-order valence-corrected chi connectivity index (χ4v) is 1.96. The zero-order chi connectivity index (χ0) is 12.1. The first-order valence-corrected chi connectivity index (χ1v) is 5.97. The molecule has 0 amide bonds. The minimum Gasteiger partial charge on any atom is -0.493 e. The molecule has 0 aliphatic carbocycles. The van der Waals surface area contributed by atoms with Crippen LogP contribution in [0.5, 0.6) is 11.5 Å². The Morgan fingerprint density at radius 1 is 1.41 bits per heavy atom. The van der Waals surface area contributed by atoms with Gasteiger partial charge in [0.25, 0.3) is 0 Å². The van der Waals surface area contributed by atoms with Crippen molar-refractivity contribution in [3.8, 4) is 11.5 Å². The van der Waals surface area contributed by atoms with Crippen molar-refractivity contribution in [1.82, 2.24) is 5.32 Å². The Balaban J connectivity index is 2.17. The lowest BCUT2D eigenvalue weighted by molar-refractivity contribution is 0.0768. The maximum absolute atomic E-state index is 5.49. The largest absolute Gasteiger partial charge is 0.493 e. The SMILES string of the molecule is CCOc1ccc([C@@H]2COCCN2)cc1OC. The molecule has 0 aromatic heterocycles. The van der Waals surface area contributed by atoms with Crippen LogP contribution >= 0.6 is 0 Å². The fourth-order valence-electron chi connectivity index (χ4n) is 1.96. The van der Waals surface area contributed by atoms with Gasteiger partial charge < -0.3 is 19.5 Å². The molecule has 1 aliphatic rings. The van der Waals surface area contributed by atoms with Crippen LogP contribution in [-0.4, -0.2) is 33.5 Å². The molecule has 1 atom stereocenters. The molecule has 2 rings (SSSR count). The third-order valence-electron chi connectivity index (χ3n) is 2.81. The van der Waals surface area contributed by atoms with E-state index < -0.39 is 0 Å². The van der Waals surface area contributed by atoms with Gasteiger partial charge in [0.1, 0.15) is 0 Å². The third kappa shape index (κ3) is 2.90. The minimum atomic E-state index is 0.244. The van der Waals surface area contributed by atoms with Gasteiger partial charge >= 0.3 is 0 Å². The first-order valence-electron chi connectivity index (χ1n) is 5.97. The second-order valence-corrected chi connectivity index (χ2v) is 3.92. The number of methoxy groups -OCH3 is 1. The van der Waals surface area contributed by atoms with Crippen LogP contribution in [0.2, 0.25) is 0 Å². The number of ether oxygens (including phenoxy) is 3. The summed E-state index contributed by atoms with van der Waals surface area (Å²) in [6, 6.07) is 6.26. The topological polar surface area (TPSA) is 39.7 Å². The number of benzene rings is 1. The maximum Gasteiger partial charge on any atom is 0.161 e. The van der Waals surface area contributed by atoms with Gasteiger partial charge in [0.2, 0.25) is 0 Å². The summed E-state index contributed by atoms with van der Waals surface area (Å²) in [6.07, 6.45) is 0. The molecule has 94 valence electrons. The summed E-state index contributed by atoms with van der Waals surface area (Å²) < 4.78 is 16.3. The summed E-state index contributed by atoms with van der Waals surface area (Å²) in [5.74, 6) is 1.56. The highest BCUT2D eigenvalue weighted by atomic mass is 16.5. The first kappa shape index (κ1) is 12.2. The van der Waals surface area contributed by atoms with Gasteiger partial charge in [0.15, 0.2) is 11.5 Å². The predicted octanol–water partition coefficient (Wildman–Crippen LogP) is 1.75.